The molecule has 0 aliphatic carbocycles. The van der Waals surface area contributed by atoms with Crippen molar-refractivity contribution in [1.29, 1.82) is 0 Å². The first-order valence-corrected chi connectivity index (χ1v) is 4.65. The molecule has 1 aromatic rings. The first-order valence-electron chi connectivity index (χ1n) is 4.65. The third kappa shape index (κ3) is 2.10. The summed E-state index contributed by atoms with van der Waals surface area (Å²) >= 11 is 0. The van der Waals surface area contributed by atoms with E-state index in [-0.39, 0.29) is 11.6 Å². The molecule has 0 fully saturated rings. The van der Waals surface area contributed by atoms with Crippen molar-refractivity contribution >= 4 is 0 Å². The fourth-order valence-corrected chi connectivity index (χ4v) is 1.40. The zero-order valence-electron chi connectivity index (χ0n) is 9.13. The topological polar surface area (TPSA) is 43.8 Å². The van der Waals surface area contributed by atoms with Gasteiger partial charge in [-0.15, -0.1) is 0 Å². The van der Waals surface area contributed by atoms with Crippen LogP contribution in [-0.4, -0.2) is 9.78 Å². The molecule has 0 spiro atoms. The van der Waals surface area contributed by atoms with E-state index < -0.39 is 0 Å². The maximum atomic E-state index is 5.76. The molecule has 0 saturated carbocycles. The molecule has 3 nitrogen and oxygen atoms in total. The van der Waals surface area contributed by atoms with Gasteiger partial charge in [0.05, 0.1) is 11.2 Å². The number of rotatable bonds is 1. The number of nitrogens with zero attached hydrogens (tertiary/aromatic N) is 2. The van der Waals surface area contributed by atoms with E-state index in [4.69, 9.17) is 5.73 Å². The molecule has 0 aliphatic rings. The van der Waals surface area contributed by atoms with Crippen LogP contribution < -0.4 is 5.73 Å². The summed E-state index contributed by atoms with van der Waals surface area (Å²) in [7, 11) is 0. The van der Waals surface area contributed by atoms with Crippen molar-refractivity contribution in [3.05, 3.63) is 17.5 Å². The summed E-state index contributed by atoms with van der Waals surface area (Å²) in [6.07, 6.45) is 0. The van der Waals surface area contributed by atoms with Crippen molar-refractivity contribution in [3.63, 3.8) is 0 Å². The molecule has 1 unspecified atom stereocenters. The van der Waals surface area contributed by atoms with Crippen molar-refractivity contribution < 1.29 is 0 Å². The minimum atomic E-state index is 0.0160. The lowest BCUT2D eigenvalue weighted by Crippen LogP contribution is -2.24. The van der Waals surface area contributed by atoms with Crippen LogP contribution in [0.2, 0.25) is 0 Å². The average molecular weight is 181 g/mol. The predicted molar refractivity (Wildman–Crippen MR) is 54.6 cm³/mol. The van der Waals surface area contributed by atoms with Crippen LogP contribution in [-0.2, 0) is 5.54 Å². The van der Waals surface area contributed by atoms with Crippen molar-refractivity contribution in [1.82, 2.24) is 9.78 Å². The van der Waals surface area contributed by atoms with Gasteiger partial charge in [-0.2, -0.15) is 5.10 Å². The Balaban J connectivity index is 3.11. The fraction of sp³-hybridized carbons (Fsp3) is 0.700. The number of nitrogens with two attached hydrogens (primary N) is 1. The molecule has 0 aliphatic heterocycles. The Bertz CT molecular complexity index is 292. The molecule has 0 bridgehead atoms. The van der Waals surface area contributed by atoms with Crippen LogP contribution in [0.5, 0.6) is 0 Å². The van der Waals surface area contributed by atoms with E-state index in [0.29, 0.717) is 0 Å². The first kappa shape index (κ1) is 10.3. The molecular formula is C10H19N3. The highest BCUT2D eigenvalue weighted by Gasteiger charge is 2.18. The molecule has 1 rings (SSSR count). The summed E-state index contributed by atoms with van der Waals surface area (Å²) in [6, 6.07) is 2.07. The largest absolute Gasteiger partial charge is 0.323 e. The van der Waals surface area contributed by atoms with Crippen LogP contribution in [0.1, 0.15) is 45.1 Å². The van der Waals surface area contributed by atoms with Crippen molar-refractivity contribution in [2.75, 3.05) is 0 Å². The van der Waals surface area contributed by atoms with E-state index in [2.05, 4.69) is 38.9 Å². The second-order valence-electron chi connectivity index (χ2n) is 4.58. The molecule has 0 saturated heterocycles. The third-order valence-corrected chi connectivity index (χ3v) is 2.01. The highest BCUT2D eigenvalue weighted by molar-refractivity contribution is 5.13. The summed E-state index contributed by atoms with van der Waals surface area (Å²) in [5, 5.41) is 4.47. The number of hydrogen-bond donors (Lipinski definition) is 1. The third-order valence-electron chi connectivity index (χ3n) is 2.01. The van der Waals surface area contributed by atoms with Gasteiger partial charge in [0.25, 0.3) is 0 Å². The van der Waals surface area contributed by atoms with E-state index >= 15 is 0 Å². The van der Waals surface area contributed by atoms with Crippen LogP contribution in [0.25, 0.3) is 0 Å². The monoisotopic (exact) mass is 181 g/mol. The molecule has 1 atom stereocenters. The Labute approximate surface area is 79.9 Å². The molecule has 3 heteroatoms. The summed E-state index contributed by atoms with van der Waals surface area (Å²) in [5.74, 6) is 0. The zero-order valence-corrected chi connectivity index (χ0v) is 9.13. The van der Waals surface area contributed by atoms with Gasteiger partial charge in [-0.1, -0.05) is 0 Å². The Hall–Kier alpha value is -0.830. The van der Waals surface area contributed by atoms with Crippen LogP contribution in [0.4, 0.5) is 0 Å². The van der Waals surface area contributed by atoms with Crippen LogP contribution in [0.3, 0.4) is 0 Å². The summed E-state index contributed by atoms with van der Waals surface area (Å²) in [6.45, 7) is 10.4. The maximum Gasteiger partial charge on any atom is 0.0791 e. The van der Waals surface area contributed by atoms with Crippen molar-refractivity contribution in [2.24, 2.45) is 5.73 Å². The normalized spacial score (nSPS) is 14.6. The Kier molecular flexibility index (Phi) is 2.48. The maximum absolute atomic E-state index is 5.76. The van der Waals surface area contributed by atoms with Crippen LogP contribution in [0.15, 0.2) is 6.07 Å². The van der Waals surface area contributed by atoms with Gasteiger partial charge in [0.15, 0.2) is 0 Å². The molecule has 1 aromatic heterocycles. The second kappa shape index (κ2) is 3.14. The number of hydrogen-bond acceptors (Lipinski definition) is 2. The van der Waals surface area contributed by atoms with E-state index in [1.807, 2.05) is 11.6 Å². The minimum absolute atomic E-state index is 0.0160. The zero-order chi connectivity index (χ0) is 10.2. The Morgan fingerprint density at radius 2 is 2.00 bits per heavy atom. The van der Waals surface area contributed by atoms with E-state index in [9.17, 15) is 0 Å². The first-order chi connectivity index (χ1) is 5.82. The van der Waals surface area contributed by atoms with Gasteiger partial charge in [0, 0.05) is 11.7 Å². The highest BCUT2D eigenvalue weighted by Crippen LogP contribution is 2.18. The van der Waals surface area contributed by atoms with Crippen molar-refractivity contribution in [2.45, 2.75) is 46.2 Å². The SMILES string of the molecule is Cc1cc(C(C)N)nn1C(C)(C)C. The average Bonchev–Trinajstić information content (AvgIpc) is 2.29. The number of aryl methyl sites for hydroxylation is 1. The molecule has 0 aromatic carbocycles. The predicted octanol–water partition coefficient (Wildman–Crippen LogP) is 1.97. The lowest BCUT2D eigenvalue weighted by molar-refractivity contribution is 0.344. The molecule has 13 heavy (non-hydrogen) atoms. The van der Waals surface area contributed by atoms with E-state index in [1.54, 1.807) is 0 Å². The smallest absolute Gasteiger partial charge is 0.0791 e. The number of aromatic nitrogens is 2. The van der Waals surface area contributed by atoms with Gasteiger partial charge in [-0.25, -0.2) is 0 Å². The quantitative estimate of drug-likeness (QED) is 0.719. The van der Waals surface area contributed by atoms with Gasteiger partial charge in [-0.05, 0) is 40.7 Å². The van der Waals surface area contributed by atoms with Gasteiger partial charge < -0.3 is 5.73 Å². The Morgan fingerprint density at radius 1 is 1.46 bits per heavy atom. The highest BCUT2D eigenvalue weighted by atomic mass is 15.3. The van der Waals surface area contributed by atoms with Gasteiger partial charge in [0.1, 0.15) is 0 Å². The van der Waals surface area contributed by atoms with Crippen LogP contribution in [0, 0.1) is 6.92 Å². The van der Waals surface area contributed by atoms with E-state index in [0.717, 1.165) is 5.69 Å². The molecular weight excluding hydrogens is 162 g/mol. The lowest BCUT2D eigenvalue weighted by Gasteiger charge is -2.21. The summed E-state index contributed by atoms with van der Waals surface area (Å²) in [4.78, 5) is 0. The molecule has 1 heterocycles. The van der Waals surface area contributed by atoms with Gasteiger partial charge >= 0.3 is 0 Å². The fourth-order valence-electron chi connectivity index (χ4n) is 1.40. The van der Waals surface area contributed by atoms with Gasteiger partial charge in [-0.3, -0.25) is 4.68 Å². The lowest BCUT2D eigenvalue weighted by atomic mass is 10.1. The molecule has 74 valence electrons. The molecule has 0 radical (unpaired) electrons. The standard InChI is InChI=1S/C10H19N3/c1-7-6-9(8(2)11)12-13(7)10(3,4)5/h6,8H,11H2,1-5H3. The summed E-state index contributed by atoms with van der Waals surface area (Å²) in [5.41, 5.74) is 7.93. The minimum Gasteiger partial charge on any atom is -0.323 e. The van der Waals surface area contributed by atoms with E-state index in [1.165, 1.54) is 5.69 Å². The second-order valence-corrected chi connectivity index (χ2v) is 4.58. The van der Waals surface area contributed by atoms with Gasteiger partial charge in [0.2, 0.25) is 0 Å². The van der Waals surface area contributed by atoms with Crippen LogP contribution >= 0.6 is 0 Å². The summed E-state index contributed by atoms with van der Waals surface area (Å²) < 4.78 is 2.02. The Morgan fingerprint density at radius 3 is 2.23 bits per heavy atom. The molecule has 0 amide bonds. The van der Waals surface area contributed by atoms with Crippen molar-refractivity contribution in [3.8, 4) is 0 Å². The molecule has 2 N–H and O–H groups in total.